The van der Waals surface area contributed by atoms with Gasteiger partial charge in [-0.05, 0) is 6.07 Å². The van der Waals surface area contributed by atoms with Gasteiger partial charge in [0.25, 0.3) is 5.09 Å². The van der Waals surface area contributed by atoms with Gasteiger partial charge in [-0.3, -0.25) is 0 Å². The first-order chi connectivity index (χ1) is 9.47. The maximum Gasteiger partial charge on any atom is 0.294 e. The van der Waals surface area contributed by atoms with Crippen molar-refractivity contribution in [1.82, 2.24) is 10.3 Å². The lowest BCUT2D eigenvalue weighted by Crippen LogP contribution is -2.35. The van der Waals surface area contributed by atoms with E-state index in [1.54, 1.807) is 18.2 Å². The molecule has 0 bridgehead atoms. The minimum atomic E-state index is -0.878. The van der Waals surface area contributed by atoms with Gasteiger partial charge in [-0.1, -0.05) is 19.9 Å². The molecule has 0 amide bonds. The molecule has 0 saturated carbocycles. The molecule has 0 fully saturated rings. The van der Waals surface area contributed by atoms with Crippen molar-refractivity contribution >= 4 is 0 Å². The van der Waals surface area contributed by atoms with Crippen molar-refractivity contribution in [3.8, 4) is 5.88 Å². The molecule has 1 atom stereocenters. The standard InChI is InChI=1S/C12H19N3O5/c1-9(2)13-6-11(16)8-19-12-5-3-4-10(14-12)7-20-15(17)18/h3-5,9,11,13,16H,6-8H2,1-2H3. The Hall–Kier alpha value is -1.93. The van der Waals surface area contributed by atoms with E-state index in [2.05, 4.69) is 15.1 Å². The molecule has 1 unspecified atom stereocenters. The van der Waals surface area contributed by atoms with Crippen LogP contribution >= 0.6 is 0 Å². The molecule has 0 aromatic carbocycles. The predicted molar refractivity (Wildman–Crippen MR) is 70.7 cm³/mol. The number of hydrogen-bond donors (Lipinski definition) is 2. The topological polar surface area (TPSA) is 107 Å². The van der Waals surface area contributed by atoms with Crippen LogP contribution in [0.3, 0.4) is 0 Å². The van der Waals surface area contributed by atoms with Gasteiger partial charge in [0.15, 0.2) is 0 Å². The van der Waals surface area contributed by atoms with Gasteiger partial charge in [0.2, 0.25) is 5.88 Å². The van der Waals surface area contributed by atoms with E-state index in [4.69, 9.17) is 4.74 Å². The quantitative estimate of drug-likeness (QED) is 0.503. The number of pyridine rings is 1. The summed E-state index contributed by atoms with van der Waals surface area (Å²) in [6.45, 7) is 4.23. The van der Waals surface area contributed by atoms with Gasteiger partial charge in [-0.15, -0.1) is 10.1 Å². The zero-order chi connectivity index (χ0) is 15.0. The average Bonchev–Trinajstić information content (AvgIpc) is 2.41. The van der Waals surface area contributed by atoms with Crippen molar-refractivity contribution in [3.63, 3.8) is 0 Å². The summed E-state index contributed by atoms with van der Waals surface area (Å²) in [7, 11) is 0. The van der Waals surface area contributed by atoms with Crippen molar-refractivity contribution < 1.29 is 19.8 Å². The Labute approximate surface area is 116 Å². The van der Waals surface area contributed by atoms with E-state index in [-0.39, 0.29) is 25.1 Å². The van der Waals surface area contributed by atoms with Gasteiger partial charge in [0, 0.05) is 18.7 Å². The molecule has 0 spiro atoms. The Morgan fingerprint density at radius 2 is 2.25 bits per heavy atom. The van der Waals surface area contributed by atoms with Crippen molar-refractivity contribution in [2.24, 2.45) is 0 Å². The van der Waals surface area contributed by atoms with Gasteiger partial charge in [0.1, 0.15) is 19.3 Å². The van der Waals surface area contributed by atoms with E-state index in [0.717, 1.165) is 0 Å². The largest absolute Gasteiger partial charge is 0.475 e. The lowest BCUT2D eigenvalue weighted by atomic mass is 10.3. The van der Waals surface area contributed by atoms with Crippen LogP contribution in [0.25, 0.3) is 0 Å². The second-order valence-corrected chi connectivity index (χ2v) is 4.49. The summed E-state index contributed by atoms with van der Waals surface area (Å²) < 4.78 is 5.32. The normalized spacial score (nSPS) is 12.2. The fourth-order valence-corrected chi connectivity index (χ4v) is 1.35. The summed E-state index contributed by atoms with van der Waals surface area (Å²) in [5.41, 5.74) is 0.383. The third-order valence-electron chi connectivity index (χ3n) is 2.28. The van der Waals surface area contributed by atoms with Gasteiger partial charge in [0.05, 0.1) is 5.69 Å². The SMILES string of the molecule is CC(C)NCC(O)COc1cccc(CO[N+](=O)[O-])n1. The molecule has 20 heavy (non-hydrogen) atoms. The maximum absolute atomic E-state index is 10.1. The van der Waals surface area contributed by atoms with E-state index < -0.39 is 11.2 Å². The van der Waals surface area contributed by atoms with Crippen LogP contribution in [0.5, 0.6) is 5.88 Å². The highest BCUT2D eigenvalue weighted by Crippen LogP contribution is 2.09. The molecule has 1 heterocycles. The smallest absolute Gasteiger partial charge is 0.294 e. The average molecular weight is 285 g/mol. The Balaban J connectivity index is 2.39. The summed E-state index contributed by atoms with van der Waals surface area (Å²) in [6, 6.07) is 5.14. The number of rotatable bonds is 9. The Bertz CT molecular complexity index is 427. The van der Waals surface area contributed by atoms with Crippen LogP contribution in [0.1, 0.15) is 19.5 Å². The molecule has 1 rings (SSSR count). The highest BCUT2D eigenvalue weighted by Gasteiger charge is 2.07. The van der Waals surface area contributed by atoms with E-state index in [1.807, 2.05) is 13.8 Å². The first-order valence-electron chi connectivity index (χ1n) is 6.25. The molecule has 112 valence electrons. The summed E-state index contributed by atoms with van der Waals surface area (Å²) in [5, 5.41) is 22.0. The van der Waals surface area contributed by atoms with E-state index >= 15 is 0 Å². The fraction of sp³-hybridized carbons (Fsp3) is 0.583. The molecular weight excluding hydrogens is 266 g/mol. The lowest BCUT2D eigenvalue weighted by molar-refractivity contribution is -0.763. The molecule has 8 nitrogen and oxygen atoms in total. The van der Waals surface area contributed by atoms with Crippen molar-refractivity contribution in [2.45, 2.75) is 32.6 Å². The third kappa shape index (κ3) is 6.86. The van der Waals surface area contributed by atoms with E-state index in [1.165, 1.54) is 0 Å². The number of ether oxygens (including phenoxy) is 1. The summed E-state index contributed by atoms with van der Waals surface area (Å²) in [6.07, 6.45) is -0.655. The van der Waals surface area contributed by atoms with Gasteiger partial charge in [-0.25, -0.2) is 4.98 Å². The van der Waals surface area contributed by atoms with Crippen LogP contribution in [-0.4, -0.2) is 40.5 Å². The second kappa shape index (κ2) is 8.28. The van der Waals surface area contributed by atoms with Crippen LogP contribution in [0.15, 0.2) is 18.2 Å². The number of aromatic nitrogens is 1. The van der Waals surface area contributed by atoms with Crippen molar-refractivity contribution in [2.75, 3.05) is 13.2 Å². The number of hydrogen-bond acceptors (Lipinski definition) is 7. The first kappa shape index (κ1) is 16.1. The molecule has 8 heteroatoms. The molecule has 0 aliphatic rings. The van der Waals surface area contributed by atoms with E-state index in [0.29, 0.717) is 12.2 Å². The second-order valence-electron chi connectivity index (χ2n) is 4.49. The van der Waals surface area contributed by atoms with Crippen LogP contribution in [0, 0.1) is 10.1 Å². The number of aliphatic hydroxyl groups is 1. The number of nitrogens with one attached hydrogen (secondary N) is 1. The third-order valence-corrected chi connectivity index (χ3v) is 2.28. The molecule has 0 aliphatic carbocycles. The van der Waals surface area contributed by atoms with Gasteiger partial charge in [-0.2, -0.15) is 0 Å². The Morgan fingerprint density at radius 3 is 2.90 bits per heavy atom. The van der Waals surface area contributed by atoms with Crippen molar-refractivity contribution in [1.29, 1.82) is 0 Å². The summed E-state index contributed by atoms with van der Waals surface area (Å²) >= 11 is 0. The highest BCUT2D eigenvalue weighted by atomic mass is 16.9. The van der Waals surface area contributed by atoms with Gasteiger partial charge >= 0.3 is 0 Å². The zero-order valence-corrected chi connectivity index (χ0v) is 11.5. The first-order valence-corrected chi connectivity index (χ1v) is 6.25. The molecule has 1 aromatic heterocycles. The molecule has 2 N–H and O–H groups in total. The molecule has 1 aromatic rings. The monoisotopic (exact) mass is 285 g/mol. The minimum absolute atomic E-state index is 0.0896. The number of aliphatic hydroxyl groups excluding tert-OH is 1. The summed E-state index contributed by atoms with van der Waals surface area (Å²) in [4.78, 5) is 18.3. The predicted octanol–water partition coefficient (Wildman–Crippen LogP) is 0.528. The van der Waals surface area contributed by atoms with Crippen LogP contribution in [0.4, 0.5) is 0 Å². The summed E-state index contributed by atoms with van der Waals surface area (Å²) in [5.74, 6) is 0.290. The van der Waals surface area contributed by atoms with Crippen LogP contribution < -0.4 is 10.1 Å². The number of nitrogens with zero attached hydrogens (tertiary/aromatic N) is 2. The Morgan fingerprint density at radius 1 is 1.50 bits per heavy atom. The molecule has 0 saturated heterocycles. The highest BCUT2D eigenvalue weighted by molar-refractivity contribution is 5.15. The fourth-order valence-electron chi connectivity index (χ4n) is 1.35. The van der Waals surface area contributed by atoms with Crippen LogP contribution in [0.2, 0.25) is 0 Å². The minimum Gasteiger partial charge on any atom is -0.475 e. The van der Waals surface area contributed by atoms with Crippen molar-refractivity contribution in [3.05, 3.63) is 34.0 Å². The molecular formula is C12H19N3O5. The molecule has 0 aliphatic heterocycles. The molecule has 0 radical (unpaired) electrons. The van der Waals surface area contributed by atoms with Crippen LogP contribution in [-0.2, 0) is 11.4 Å². The lowest BCUT2D eigenvalue weighted by Gasteiger charge is -2.14. The zero-order valence-electron chi connectivity index (χ0n) is 11.5. The van der Waals surface area contributed by atoms with Gasteiger partial charge < -0.3 is 20.0 Å². The maximum atomic E-state index is 10.1. The Kier molecular flexibility index (Phi) is 6.68. The van der Waals surface area contributed by atoms with E-state index in [9.17, 15) is 15.2 Å².